The first-order valence-electron chi connectivity index (χ1n) is 10.4. The van der Waals surface area contributed by atoms with Gasteiger partial charge in [-0.2, -0.15) is 0 Å². The van der Waals surface area contributed by atoms with Crippen molar-refractivity contribution in [2.24, 2.45) is 0 Å². The molecule has 1 fully saturated rings. The van der Waals surface area contributed by atoms with E-state index in [0.29, 0.717) is 29.3 Å². The molecule has 1 aliphatic rings. The van der Waals surface area contributed by atoms with E-state index in [2.05, 4.69) is 20.4 Å². The molecule has 10 nitrogen and oxygen atoms in total. The molecule has 3 aromatic heterocycles. The van der Waals surface area contributed by atoms with Crippen molar-refractivity contribution in [1.82, 2.24) is 20.4 Å². The Balaban J connectivity index is 1.94. The number of Topliss-reactive ketones (excluding diaryl/α,β-unsaturated/α-hetero) is 1. The number of carbonyl (C=O) groups is 3. The van der Waals surface area contributed by atoms with E-state index in [4.69, 9.17) is 4.52 Å². The number of hydrogen-bond donors (Lipinski definition) is 3. The highest BCUT2D eigenvalue weighted by molar-refractivity contribution is 6.51. The van der Waals surface area contributed by atoms with E-state index in [1.54, 1.807) is 45.9 Å². The van der Waals surface area contributed by atoms with Gasteiger partial charge in [0.25, 0.3) is 11.7 Å². The molecular weight excluding hydrogens is 426 g/mol. The van der Waals surface area contributed by atoms with Crippen LogP contribution in [0.4, 0.5) is 5.82 Å². The van der Waals surface area contributed by atoms with Gasteiger partial charge in [0.1, 0.15) is 23.3 Å². The molecular formula is C23H23N5O5. The number of aryl methyl sites for hydroxylation is 2. The van der Waals surface area contributed by atoms with Gasteiger partial charge in [-0.25, -0.2) is 0 Å². The molecule has 0 saturated carbocycles. The maximum absolute atomic E-state index is 13.2. The number of ketones is 1. The Hall–Kier alpha value is -4.21. The van der Waals surface area contributed by atoms with Gasteiger partial charge in [-0.15, -0.1) is 0 Å². The molecule has 170 valence electrons. The Morgan fingerprint density at radius 1 is 1.27 bits per heavy atom. The molecule has 0 radical (unpaired) electrons. The molecule has 3 aromatic rings. The molecule has 4 heterocycles. The molecule has 0 spiro atoms. The summed E-state index contributed by atoms with van der Waals surface area (Å²) in [5.41, 5.74) is 1.72. The van der Waals surface area contributed by atoms with Crippen LogP contribution in [0, 0.1) is 20.8 Å². The van der Waals surface area contributed by atoms with Crippen LogP contribution in [0.25, 0.3) is 5.76 Å². The largest absolute Gasteiger partial charge is 0.507 e. The number of aromatic nitrogens is 3. The normalized spacial score (nSPS) is 17.6. The monoisotopic (exact) mass is 449 g/mol. The zero-order valence-corrected chi connectivity index (χ0v) is 18.6. The minimum absolute atomic E-state index is 0.134. The number of H-pyrrole nitrogens is 1. The zero-order chi connectivity index (χ0) is 23.9. The van der Waals surface area contributed by atoms with Gasteiger partial charge < -0.3 is 19.9 Å². The van der Waals surface area contributed by atoms with Crippen LogP contribution >= 0.6 is 0 Å². The number of aromatic amines is 1. The number of hydrogen-bond acceptors (Lipinski definition) is 7. The van der Waals surface area contributed by atoms with Gasteiger partial charge in [-0.3, -0.25) is 24.3 Å². The molecule has 1 saturated heterocycles. The molecule has 2 amide bonds. The third kappa shape index (κ3) is 3.59. The summed E-state index contributed by atoms with van der Waals surface area (Å²) in [5, 5.41) is 18.0. The molecule has 4 rings (SSSR count). The fraction of sp³-hybridized carbons (Fsp3) is 0.261. The van der Waals surface area contributed by atoms with Crippen molar-refractivity contribution in [3.63, 3.8) is 0 Å². The van der Waals surface area contributed by atoms with Crippen LogP contribution in [0.1, 0.15) is 51.7 Å². The second kappa shape index (κ2) is 8.38. The SMILES string of the molecule is CCNC(=O)c1[nH]c(C)c(/C(O)=C2\C(=O)C(=O)N(c3cc(C)on3)C2c2ccccn2)c1C. The van der Waals surface area contributed by atoms with E-state index in [1.165, 1.54) is 12.3 Å². The van der Waals surface area contributed by atoms with E-state index in [-0.39, 0.29) is 28.6 Å². The molecule has 1 unspecified atom stereocenters. The second-order valence-electron chi connectivity index (χ2n) is 7.70. The number of pyridine rings is 1. The average molecular weight is 449 g/mol. The summed E-state index contributed by atoms with van der Waals surface area (Å²) in [6.07, 6.45) is 1.53. The summed E-state index contributed by atoms with van der Waals surface area (Å²) in [4.78, 5) is 47.1. The number of carbonyl (C=O) groups excluding carboxylic acids is 3. The van der Waals surface area contributed by atoms with Gasteiger partial charge in [0.15, 0.2) is 5.82 Å². The average Bonchev–Trinajstić information content (AvgIpc) is 3.43. The minimum Gasteiger partial charge on any atom is -0.507 e. The van der Waals surface area contributed by atoms with E-state index in [0.717, 1.165) is 4.90 Å². The molecule has 1 atom stereocenters. The predicted molar refractivity (Wildman–Crippen MR) is 119 cm³/mol. The summed E-state index contributed by atoms with van der Waals surface area (Å²) in [7, 11) is 0. The van der Waals surface area contributed by atoms with E-state index in [1.807, 2.05) is 0 Å². The van der Waals surface area contributed by atoms with Crippen molar-refractivity contribution in [2.75, 3.05) is 11.4 Å². The second-order valence-corrected chi connectivity index (χ2v) is 7.70. The summed E-state index contributed by atoms with van der Waals surface area (Å²) >= 11 is 0. The van der Waals surface area contributed by atoms with Crippen LogP contribution in [0.5, 0.6) is 0 Å². The lowest BCUT2D eigenvalue weighted by Gasteiger charge is -2.21. The van der Waals surface area contributed by atoms with Crippen molar-refractivity contribution in [2.45, 2.75) is 33.7 Å². The maximum Gasteiger partial charge on any atom is 0.301 e. The Kier molecular flexibility index (Phi) is 5.59. The standard InChI is InChI=1S/C23H23N5O5/c1-5-24-22(31)18-12(3)16(13(4)26-18)20(29)17-19(14-8-6-7-9-25-14)28(23(32)21(17)30)15-10-11(2)33-27-15/h6-10,19,26,29H,5H2,1-4H3,(H,24,31)/b20-17+. The van der Waals surface area contributed by atoms with Crippen molar-refractivity contribution < 1.29 is 24.0 Å². The predicted octanol–water partition coefficient (Wildman–Crippen LogP) is 2.70. The Labute approximate surface area is 189 Å². The quantitative estimate of drug-likeness (QED) is 0.309. The molecule has 1 aliphatic heterocycles. The number of anilines is 1. The topological polar surface area (TPSA) is 141 Å². The van der Waals surface area contributed by atoms with Gasteiger partial charge in [0.05, 0.1) is 11.3 Å². The van der Waals surface area contributed by atoms with Crippen molar-refractivity contribution in [3.05, 3.63) is 70.0 Å². The number of aliphatic hydroxyl groups excluding tert-OH is 1. The third-order valence-electron chi connectivity index (χ3n) is 5.51. The lowest BCUT2D eigenvalue weighted by molar-refractivity contribution is -0.132. The molecule has 0 aromatic carbocycles. The van der Waals surface area contributed by atoms with Crippen molar-refractivity contribution in [1.29, 1.82) is 0 Å². The van der Waals surface area contributed by atoms with Crippen molar-refractivity contribution in [3.8, 4) is 0 Å². The number of aliphatic hydroxyl groups is 1. The molecule has 3 N–H and O–H groups in total. The van der Waals surface area contributed by atoms with Crippen LogP contribution in [0.2, 0.25) is 0 Å². The fourth-order valence-electron chi connectivity index (χ4n) is 4.07. The first-order chi connectivity index (χ1) is 15.8. The van der Waals surface area contributed by atoms with Gasteiger partial charge in [0.2, 0.25) is 0 Å². The van der Waals surface area contributed by atoms with Gasteiger partial charge in [0, 0.05) is 30.1 Å². The summed E-state index contributed by atoms with van der Waals surface area (Å²) in [6, 6.07) is 5.57. The molecule has 33 heavy (non-hydrogen) atoms. The highest BCUT2D eigenvalue weighted by atomic mass is 16.5. The van der Waals surface area contributed by atoms with Crippen LogP contribution in [-0.2, 0) is 9.59 Å². The number of rotatable bonds is 5. The Morgan fingerprint density at radius 3 is 2.64 bits per heavy atom. The number of amides is 2. The van der Waals surface area contributed by atoms with Crippen LogP contribution < -0.4 is 10.2 Å². The summed E-state index contributed by atoms with van der Waals surface area (Å²) < 4.78 is 5.11. The third-order valence-corrected chi connectivity index (χ3v) is 5.51. The lowest BCUT2D eigenvalue weighted by Crippen LogP contribution is -2.30. The van der Waals surface area contributed by atoms with Crippen molar-refractivity contribution >= 4 is 29.2 Å². The number of nitrogens with one attached hydrogen (secondary N) is 2. The van der Waals surface area contributed by atoms with Crippen LogP contribution in [0.3, 0.4) is 0 Å². The van der Waals surface area contributed by atoms with Gasteiger partial charge in [-0.1, -0.05) is 11.2 Å². The van der Waals surface area contributed by atoms with Crippen LogP contribution in [-0.4, -0.2) is 44.4 Å². The minimum atomic E-state index is -1.03. The van der Waals surface area contributed by atoms with E-state index < -0.39 is 23.5 Å². The highest BCUT2D eigenvalue weighted by Gasteiger charge is 2.49. The van der Waals surface area contributed by atoms with E-state index >= 15 is 0 Å². The number of nitrogens with zero attached hydrogens (tertiary/aromatic N) is 3. The van der Waals surface area contributed by atoms with Gasteiger partial charge >= 0.3 is 5.91 Å². The zero-order valence-electron chi connectivity index (χ0n) is 18.6. The van der Waals surface area contributed by atoms with Crippen LogP contribution in [0.15, 0.2) is 40.6 Å². The molecule has 10 heteroatoms. The Morgan fingerprint density at radius 2 is 2.03 bits per heavy atom. The molecule has 0 bridgehead atoms. The summed E-state index contributed by atoms with van der Waals surface area (Å²) in [5.74, 6) is -1.89. The first-order valence-corrected chi connectivity index (χ1v) is 10.4. The van der Waals surface area contributed by atoms with E-state index in [9.17, 15) is 19.5 Å². The maximum atomic E-state index is 13.2. The fourth-order valence-corrected chi connectivity index (χ4v) is 4.07. The lowest BCUT2D eigenvalue weighted by atomic mass is 9.96. The first kappa shape index (κ1) is 22.0. The summed E-state index contributed by atoms with van der Waals surface area (Å²) in [6.45, 7) is 7.23. The Bertz CT molecular complexity index is 1290. The highest BCUT2D eigenvalue weighted by Crippen LogP contribution is 2.42. The smallest absolute Gasteiger partial charge is 0.301 e. The van der Waals surface area contributed by atoms with Gasteiger partial charge in [-0.05, 0) is 45.4 Å². The molecule has 0 aliphatic carbocycles.